The fraction of sp³-hybridized carbons (Fsp3) is 0.261. The second-order valence-corrected chi connectivity index (χ2v) is 6.90. The number of benzene rings is 2. The van der Waals surface area contributed by atoms with Gasteiger partial charge in [-0.25, -0.2) is 0 Å². The zero-order valence-electron chi connectivity index (χ0n) is 16.3. The molecule has 0 aliphatic heterocycles. The highest BCUT2D eigenvalue weighted by atomic mass is 16.5. The molecule has 3 aromatic rings. The minimum Gasteiger partial charge on any atom is -0.489 e. The lowest BCUT2D eigenvalue weighted by Gasteiger charge is -2.15. The Morgan fingerprint density at radius 1 is 1.04 bits per heavy atom. The zero-order valence-corrected chi connectivity index (χ0v) is 16.3. The van der Waals surface area contributed by atoms with Crippen molar-refractivity contribution in [1.82, 2.24) is 4.57 Å². The lowest BCUT2D eigenvalue weighted by Crippen LogP contribution is -2.16. The Kier molecular flexibility index (Phi) is 5.65. The molecule has 27 heavy (non-hydrogen) atoms. The summed E-state index contributed by atoms with van der Waals surface area (Å²) in [6.45, 7) is 8.21. The van der Waals surface area contributed by atoms with Gasteiger partial charge in [-0.2, -0.15) is 0 Å². The molecule has 1 N–H and O–H groups in total. The number of para-hydroxylation sites is 3. The number of anilines is 1. The maximum Gasteiger partial charge on any atom is 0.183 e. The third kappa shape index (κ3) is 4.22. The molecule has 0 saturated heterocycles. The van der Waals surface area contributed by atoms with Crippen LogP contribution < -0.4 is 10.1 Å². The van der Waals surface area contributed by atoms with E-state index in [1.54, 1.807) is 0 Å². The number of Topliss-reactive ketones (excluding diaryl/α,β-unsaturated/α-hetero) is 1. The fourth-order valence-electron chi connectivity index (χ4n) is 3.26. The lowest BCUT2D eigenvalue weighted by atomic mass is 10.1. The average Bonchev–Trinajstić information content (AvgIpc) is 2.95. The van der Waals surface area contributed by atoms with Crippen molar-refractivity contribution in [2.45, 2.75) is 33.8 Å². The SMILES string of the molecule is Cc1cc(C(=O)CNc2ccccc2OC(C)C)c(C)n1-c1ccccc1. The van der Waals surface area contributed by atoms with E-state index in [1.807, 2.05) is 88.4 Å². The average molecular weight is 362 g/mol. The smallest absolute Gasteiger partial charge is 0.183 e. The van der Waals surface area contributed by atoms with Crippen LogP contribution in [0, 0.1) is 13.8 Å². The third-order valence-corrected chi connectivity index (χ3v) is 4.44. The van der Waals surface area contributed by atoms with Crippen LogP contribution in [0.25, 0.3) is 5.69 Å². The Morgan fingerprint density at radius 3 is 2.41 bits per heavy atom. The van der Waals surface area contributed by atoms with Crippen molar-refractivity contribution in [1.29, 1.82) is 0 Å². The predicted octanol–water partition coefficient (Wildman–Crippen LogP) is 5.18. The van der Waals surface area contributed by atoms with Gasteiger partial charge in [-0.05, 0) is 58.0 Å². The van der Waals surface area contributed by atoms with Crippen LogP contribution >= 0.6 is 0 Å². The second kappa shape index (κ2) is 8.12. The molecule has 0 amide bonds. The summed E-state index contributed by atoms with van der Waals surface area (Å²) in [5.74, 6) is 0.819. The summed E-state index contributed by atoms with van der Waals surface area (Å²) in [5, 5.41) is 3.23. The van der Waals surface area contributed by atoms with Crippen LogP contribution in [0.15, 0.2) is 60.7 Å². The molecule has 0 spiro atoms. The molecule has 0 unspecified atom stereocenters. The van der Waals surface area contributed by atoms with Gasteiger partial charge in [0.1, 0.15) is 5.75 Å². The van der Waals surface area contributed by atoms with Crippen LogP contribution in [0.2, 0.25) is 0 Å². The first kappa shape index (κ1) is 18.8. The van der Waals surface area contributed by atoms with E-state index < -0.39 is 0 Å². The van der Waals surface area contributed by atoms with Gasteiger partial charge in [0.05, 0.1) is 18.3 Å². The monoisotopic (exact) mass is 362 g/mol. The van der Waals surface area contributed by atoms with Crippen molar-refractivity contribution < 1.29 is 9.53 Å². The quantitative estimate of drug-likeness (QED) is 0.589. The summed E-state index contributed by atoms with van der Waals surface area (Å²) in [4.78, 5) is 12.9. The molecule has 0 saturated carbocycles. The van der Waals surface area contributed by atoms with Gasteiger partial charge in [0, 0.05) is 22.6 Å². The molecule has 1 aromatic heterocycles. The Labute approximate surface area is 160 Å². The maximum absolute atomic E-state index is 12.9. The molecule has 4 nitrogen and oxygen atoms in total. The van der Waals surface area contributed by atoms with Crippen molar-refractivity contribution in [2.24, 2.45) is 0 Å². The molecule has 3 rings (SSSR count). The topological polar surface area (TPSA) is 43.3 Å². The van der Waals surface area contributed by atoms with E-state index >= 15 is 0 Å². The Hall–Kier alpha value is -3.01. The Bertz CT molecular complexity index is 927. The summed E-state index contributed by atoms with van der Waals surface area (Å²) in [5.41, 5.74) is 4.64. The lowest BCUT2D eigenvalue weighted by molar-refractivity contribution is 0.101. The Morgan fingerprint density at radius 2 is 1.70 bits per heavy atom. The zero-order chi connectivity index (χ0) is 19.4. The number of hydrogen-bond acceptors (Lipinski definition) is 3. The minimum absolute atomic E-state index is 0.0598. The van der Waals surface area contributed by atoms with Crippen LogP contribution in [0.3, 0.4) is 0 Å². The van der Waals surface area contributed by atoms with Crippen LogP contribution in [0.1, 0.15) is 35.6 Å². The highest BCUT2D eigenvalue weighted by Gasteiger charge is 2.17. The molecule has 140 valence electrons. The van der Waals surface area contributed by atoms with Crippen LogP contribution in [-0.2, 0) is 0 Å². The van der Waals surface area contributed by atoms with Gasteiger partial charge < -0.3 is 14.6 Å². The molecule has 2 aromatic carbocycles. The molecule has 0 fully saturated rings. The van der Waals surface area contributed by atoms with Gasteiger partial charge >= 0.3 is 0 Å². The van der Waals surface area contributed by atoms with Gasteiger partial charge in [-0.15, -0.1) is 0 Å². The number of carbonyl (C=O) groups is 1. The van der Waals surface area contributed by atoms with E-state index in [0.29, 0.717) is 0 Å². The number of hydrogen-bond donors (Lipinski definition) is 1. The van der Waals surface area contributed by atoms with Crippen LogP contribution in [0.5, 0.6) is 5.75 Å². The first-order chi connectivity index (χ1) is 13.0. The number of nitrogens with one attached hydrogen (secondary N) is 1. The van der Waals surface area contributed by atoms with Gasteiger partial charge in [0.25, 0.3) is 0 Å². The third-order valence-electron chi connectivity index (χ3n) is 4.44. The van der Waals surface area contributed by atoms with Crippen LogP contribution in [0.4, 0.5) is 5.69 Å². The largest absolute Gasteiger partial charge is 0.489 e. The first-order valence-corrected chi connectivity index (χ1v) is 9.24. The van der Waals surface area contributed by atoms with Crippen molar-refractivity contribution in [2.75, 3.05) is 11.9 Å². The van der Waals surface area contributed by atoms with Gasteiger partial charge in [-0.1, -0.05) is 30.3 Å². The van der Waals surface area contributed by atoms with Gasteiger partial charge in [-0.3, -0.25) is 4.79 Å². The number of ketones is 1. The standard InChI is InChI=1S/C23H26N2O2/c1-16(2)27-23-13-9-8-12-21(23)24-15-22(26)20-14-17(3)25(18(20)4)19-10-6-5-7-11-19/h5-14,16,24H,15H2,1-4H3. The molecular formula is C23H26N2O2. The summed E-state index contributed by atoms with van der Waals surface area (Å²) >= 11 is 0. The van der Waals surface area contributed by atoms with Gasteiger partial charge in [0.2, 0.25) is 0 Å². The number of nitrogens with zero attached hydrogens (tertiary/aromatic N) is 1. The van der Waals surface area contributed by atoms with E-state index in [2.05, 4.69) is 9.88 Å². The summed E-state index contributed by atoms with van der Waals surface area (Å²) in [6.07, 6.45) is 0.0773. The molecule has 1 heterocycles. The van der Waals surface area contributed by atoms with Crippen molar-refractivity contribution in [3.05, 3.63) is 77.6 Å². The summed E-state index contributed by atoms with van der Waals surface area (Å²) in [7, 11) is 0. The van der Waals surface area contributed by atoms with E-state index in [1.165, 1.54) is 0 Å². The highest BCUT2D eigenvalue weighted by molar-refractivity contribution is 6.00. The first-order valence-electron chi connectivity index (χ1n) is 9.24. The molecule has 0 bridgehead atoms. The molecule has 4 heteroatoms. The van der Waals surface area contributed by atoms with E-state index in [-0.39, 0.29) is 18.4 Å². The molecular weight excluding hydrogens is 336 g/mol. The van der Waals surface area contributed by atoms with Gasteiger partial charge in [0.15, 0.2) is 5.78 Å². The minimum atomic E-state index is 0.0598. The molecule has 0 aliphatic rings. The molecule has 0 atom stereocenters. The normalized spacial score (nSPS) is 10.9. The number of rotatable bonds is 7. The van der Waals surface area contributed by atoms with E-state index in [0.717, 1.165) is 34.1 Å². The summed E-state index contributed by atoms with van der Waals surface area (Å²) in [6, 6.07) is 19.8. The van der Waals surface area contributed by atoms with Crippen LogP contribution in [-0.4, -0.2) is 23.0 Å². The molecule has 0 aliphatic carbocycles. The van der Waals surface area contributed by atoms with Crippen molar-refractivity contribution in [3.8, 4) is 11.4 Å². The molecule has 0 radical (unpaired) electrons. The summed E-state index contributed by atoms with van der Waals surface area (Å²) < 4.78 is 7.92. The highest BCUT2D eigenvalue weighted by Crippen LogP contribution is 2.25. The van der Waals surface area contributed by atoms with E-state index in [9.17, 15) is 4.79 Å². The number of carbonyl (C=O) groups excluding carboxylic acids is 1. The number of aryl methyl sites for hydroxylation is 1. The maximum atomic E-state index is 12.9. The fourth-order valence-corrected chi connectivity index (χ4v) is 3.26. The Balaban J connectivity index is 1.79. The predicted molar refractivity (Wildman–Crippen MR) is 110 cm³/mol. The number of ether oxygens (including phenoxy) is 1. The van der Waals surface area contributed by atoms with Crippen molar-refractivity contribution >= 4 is 11.5 Å². The second-order valence-electron chi connectivity index (χ2n) is 6.90. The van der Waals surface area contributed by atoms with Crippen molar-refractivity contribution in [3.63, 3.8) is 0 Å². The van der Waals surface area contributed by atoms with E-state index in [4.69, 9.17) is 4.74 Å². The number of aromatic nitrogens is 1.